The number of likely N-dealkylation sites (N-methyl/N-ethyl adjacent to an activating group) is 1. The van der Waals surface area contributed by atoms with Crippen molar-refractivity contribution in [2.45, 2.75) is 49.0 Å². The molecular formula is C21H29NOS. The number of benzene rings is 2. The van der Waals surface area contributed by atoms with Gasteiger partial charge in [0.05, 0.1) is 5.60 Å². The number of hydrogen-bond donors (Lipinski definition) is 1. The lowest BCUT2D eigenvalue weighted by Crippen LogP contribution is -2.44. The average molecular weight is 344 g/mol. The topological polar surface area (TPSA) is 23.5 Å². The van der Waals surface area contributed by atoms with E-state index in [4.69, 9.17) is 0 Å². The molecule has 0 bridgehead atoms. The van der Waals surface area contributed by atoms with Gasteiger partial charge in [0, 0.05) is 22.3 Å². The molecule has 0 aliphatic heterocycles. The van der Waals surface area contributed by atoms with Crippen LogP contribution in [0.15, 0.2) is 64.4 Å². The van der Waals surface area contributed by atoms with Gasteiger partial charge in [0.2, 0.25) is 0 Å². The van der Waals surface area contributed by atoms with Crippen LogP contribution in [0, 0.1) is 0 Å². The van der Waals surface area contributed by atoms with E-state index in [0.717, 1.165) is 13.1 Å². The van der Waals surface area contributed by atoms with Gasteiger partial charge in [-0.15, -0.1) is 0 Å². The third-order valence-corrected chi connectivity index (χ3v) is 5.75. The maximum atomic E-state index is 10.9. The van der Waals surface area contributed by atoms with Crippen molar-refractivity contribution in [3.63, 3.8) is 0 Å². The molecule has 0 saturated carbocycles. The second kappa shape index (κ2) is 8.70. The van der Waals surface area contributed by atoms with Gasteiger partial charge in [0.25, 0.3) is 0 Å². The highest BCUT2D eigenvalue weighted by Gasteiger charge is 2.31. The third-order valence-electron chi connectivity index (χ3n) is 4.73. The maximum Gasteiger partial charge on any atom is 0.0811 e. The molecule has 2 nitrogen and oxygen atoms in total. The van der Waals surface area contributed by atoms with E-state index in [2.05, 4.69) is 74.2 Å². The first kappa shape index (κ1) is 19.0. The molecular weight excluding hydrogens is 314 g/mol. The SMILES string of the molecule is CCN(CC)CC(C)(O)C(C)c1ccc(Sc2ccccc2)cc1. The van der Waals surface area contributed by atoms with Crippen molar-refractivity contribution in [2.24, 2.45) is 0 Å². The summed E-state index contributed by atoms with van der Waals surface area (Å²) in [5.74, 6) is 0.0916. The summed E-state index contributed by atoms with van der Waals surface area (Å²) in [6.07, 6.45) is 0. The zero-order chi connectivity index (χ0) is 17.6. The molecule has 0 aliphatic carbocycles. The van der Waals surface area contributed by atoms with Crippen molar-refractivity contribution < 1.29 is 5.11 Å². The van der Waals surface area contributed by atoms with Gasteiger partial charge in [-0.1, -0.05) is 62.9 Å². The quantitative estimate of drug-likeness (QED) is 0.727. The minimum atomic E-state index is -0.736. The predicted octanol–water partition coefficient (Wildman–Crippen LogP) is 5.03. The summed E-state index contributed by atoms with van der Waals surface area (Å²) in [4.78, 5) is 4.74. The Bertz CT molecular complexity index is 605. The second-order valence-electron chi connectivity index (χ2n) is 6.52. The van der Waals surface area contributed by atoms with Crippen LogP contribution in [0.5, 0.6) is 0 Å². The molecule has 2 atom stereocenters. The highest BCUT2D eigenvalue weighted by molar-refractivity contribution is 7.99. The van der Waals surface area contributed by atoms with E-state index < -0.39 is 5.60 Å². The Morgan fingerprint density at radius 1 is 0.958 bits per heavy atom. The molecule has 2 unspecified atom stereocenters. The van der Waals surface area contributed by atoms with Gasteiger partial charge in [0.15, 0.2) is 0 Å². The van der Waals surface area contributed by atoms with Gasteiger partial charge in [-0.25, -0.2) is 0 Å². The Balaban J connectivity index is 2.06. The standard InChI is InChI=1S/C21H29NOS/c1-5-22(6-2)16-21(4,23)17(3)18-12-14-20(15-13-18)24-19-10-8-7-9-11-19/h7-15,17,23H,5-6,16H2,1-4H3. The van der Waals surface area contributed by atoms with Crippen LogP contribution in [0.25, 0.3) is 0 Å². The largest absolute Gasteiger partial charge is 0.388 e. The van der Waals surface area contributed by atoms with Crippen LogP contribution in [0.1, 0.15) is 39.2 Å². The van der Waals surface area contributed by atoms with E-state index in [1.807, 2.05) is 13.0 Å². The van der Waals surface area contributed by atoms with Crippen molar-refractivity contribution in [3.8, 4) is 0 Å². The fraction of sp³-hybridized carbons (Fsp3) is 0.429. The molecule has 0 aromatic heterocycles. The van der Waals surface area contributed by atoms with E-state index in [1.165, 1.54) is 15.4 Å². The van der Waals surface area contributed by atoms with Gasteiger partial charge >= 0.3 is 0 Å². The predicted molar refractivity (Wildman–Crippen MR) is 104 cm³/mol. The fourth-order valence-corrected chi connectivity index (χ4v) is 3.68. The van der Waals surface area contributed by atoms with Crippen molar-refractivity contribution in [2.75, 3.05) is 19.6 Å². The van der Waals surface area contributed by atoms with E-state index in [9.17, 15) is 5.11 Å². The Labute approximate surface area is 150 Å². The summed E-state index contributed by atoms with van der Waals surface area (Å²) in [5, 5.41) is 10.9. The Morgan fingerprint density at radius 3 is 2.04 bits per heavy atom. The van der Waals surface area contributed by atoms with Crippen molar-refractivity contribution in [3.05, 3.63) is 60.2 Å². The average Bonchev–Trinajstić information content (AvgIpc) is 2.60. The maximum absolute atomic E-state index is 10.9. The van der Waals surface area contributed by atoms with Crippen molar-refractivity contribution >= 4 is 11.8 Å². The Morgan fingerprint density at radius 2 is 1.50 bits per heavy atom. The molecule has 130 valence electrons. The lowest BCUT2D eigenvalue weighted by atomic mass is 9.84. The van der Waals surface area contributed by atoms with E-state index >= 15 is 0 Å². The highest BCUT2D eigenvalue weighted by atomic mass is 32.2. The molecule has 0 heterocycles. The van der Waals surface area contributed by atoms with E-state index in [-0.39, 0.29) is 5.92 Å². The third kappa shape index (κ3) is 5.10. The van der Waals surface area contributed by atoms with E-state index in [1.54, 1.807) is 11.8 Å². The number of aliphatic hydroxyl groups is 1. The zero-order valence-corrected chi connectivity index (χ0v) is 16.0. The molecule has 1 N–H and O–H groups in total. The van der Waals surface area contributed by atoms with Crippen LogP contribution in [0.4, 0.5) is 0 Å². The molecule has 0 saturated heterocycles. The first-order valence-corrected chi connectivity index (χ1v) is 9.55. The Kier molecular flexibility index (Phi) is 6.90. The molecule has 2 rings (SSSR count). The summed E-state index contributed by atoms with van der Waals surface area (Å²) >= 11 is 1.76. The zero-order valence-electron chi connectivity index (χ0n) is 15.2. The first-order chi connectivity index (χ1) is 11.5. The van der Waals surface area contributed by atoms with Gasteiger partial charge in [-0.3, -0.25) is 0 Å². The molecule has 0 spiro atoms. The minimum Gasteiger partial charge on any atom is -0.388 e. The van der Waals surface area contributed by atoms with Crippen LogP contribution in [-0.2, 0) is 0 Å². The molecule has 0 amide bonds. The second-order valence-corrected chi connectivity index (χ2v) is 7.67. The number of nitrogens with zero attached hydrogens (tertiary/aromatic N) is 1. The molecule has 24 heavy (non-hydrogen) atoms. The fourth-order valence-electron chi connectivity index (χ4n) is 2.85. The summed E-state index contributed by atoms with van der Waals surface area (Å²) in [5.41, 5.74) is 0.449. The normalized spacial score (nSPS) is 15.2. The smallest absolute Gasteiger partial charge is 0.0811 e. The van der Waals surface area contributed by atoms with Crippen LogP contribution in [-0.4, -0.2) is 35.2 Å². The lowest BCUT2D eigenvalue weighted by Gasteiger charge is -2.35. The van der Waals surface area contributed by atoms with Crippen molar-refractivity contribution in [1.29, 1.82) is 0 Å². The summed E-state index contributed by atoms with van der Waals surface area (Å²) in [6, 6.07) is 19.0. The van der Waals surface area contributed by atoms with Gasteiger partial charge in [-0.05, 0) is 49.8 Å². The molecule has 2 aromatic carbocycles. The molecule has 0 aliphatic rings. The van der Waals surface area contributed by atoms with E-state index in [0.29, 0.717) is 6.54 Å². The van der Waals surface area contributed by atoms with Gasteiger partial charge < -0.3 is 10.0 Å². The van der Waals surface area contributed by atoms with Crippen LogP contribution < -0.4 is 0 Å². The number of rotatable bonds is 8. The summed E-state index contributed by atoms with van der Waals surface area (Å²) in [6.45, 7) is 11.0. The number of hydrogen-bond acceptors (Lipinski definition) is 3. The molecule has 2 aromatic rings. The van der Waals surface area contributed by atoms with Crippen LogP contribution in [0.2, 0.25) is 0 Å². The Hall–Kier alpha value is -1.29. The van der Waals surface area contributed by atoms with Crippen molar-refractivity contribution in [1.82, 2.24) is 4.90 Å². The van der Waals surface area contributed by atoms with Crippen LogP contribution in [0.3, 0.4) is 0 Å². The molecule has 0 radical (unpaired) electrons. The first-order valence-electron chi connectivity index (χ1n) is 8.74. The highest BCUT2D eigenvalue weighted by Crippen LogP contribution is 2.32. The molecule has 3 heteroatoms. The summed E-state index contributed by atoms with van der Waals surface area (Å²) in [7, 11) is 0. The van der Waals surface area contributed by atoms with Gasteiger partial charge in [0.1, 0.15) is 0 Å². The minimum absolute atomic E-state index is 0.0916. The van der Waals surface area contributed by atoms with Gasteiger partial charge in [-0.2, -0.15) is 0 Å². The molecule has 0 fully saturated rings. The lowest BCUT2D eigenvalue weighted by molar-refractivity contribution is 0.00262. The monoisotopic (exact) mass is 343 g/mol. The summed E-state index contributed by atoms with van der Waals surface area (Å²) < 4.78 is 0. The van der Waals surface area contributed by atoms with Crippen LogP contribution >= 0.6 is 11.8 Å².